The molecule has 1 aromatic heterocycles. The number of rotatable bonds is 3. The number of ether oxygens (including phenoxy) is 1. The summed E-state index contributed by atoms with van der Waals surface area (Å²) in [6.45, 7) is 2.05. The lowest BCUT2D eigenvalue weighted by atomic mass is 10.1. The summed E-state index contributed by atoms with van der Waals surface area (Å²) in [4.78, 5) is 7.99. The lowest BCUT2D eigenvalue weighted by Crippen LogP contribution is -1.93. The second-order valence-electron chi connectivity index (χ2n) is 3.38. The third-order valence-corrected chi connectivity index (χ3v) is 3.36. The summed E-state index contributed by atoms with van der Waals surface area (Å²) in [6, 6.07) is 5.60. The zero-order chi connectivity index (χ0) is 12.3. The molecule has 2 aromatic rings. The maximum absolute atomic E-state index is 6.05. The van der Waals surface area contributed by atoms with Crippen molar-refractivity contribution in [2.75, 3.05) is 0 Å². The van der Waals surface area contributed by atoms with E-state index in [-0.39, 0.29) is 0 Å². The van der Waals surface area contributed by atoms with Gasteiger partial charge in [0, 0.05) is 11.2 Å². The normalized spacial score (nSPS) is 10.3. The smallest absolute Gasteiger partial charge is 0.235 e. The van der Waals surface area contributed by atoms with Crippen molar-refractivity contribution in [1.82, 2.24) is 9.97 Å². The highest BCUT2D eigenvalue weighted by Gasteiger charge is 2.06. The van der Waals surface area contributed by atoms with Crippen LogP contribution in [0.25, 0.3) is 0 Å². The Balaban J connectivity index is 2.28. The van der Waals surface area contributed by atoms with Gasteiger partial charge in [0.25, 0.3) is 0 Å². The molecule has 5 heteroatoms. The third-order valence-electron chi connectivity index (χ3n) is 2.25. The van der Waals surface area contributed by atoms with Crippen molar-refractivity contribution < 1.29 is 4.74 Å². The van der Waals surface area contributed by atoms with Gasteiger partial charge in [-0.3, -0.25) is 0 Å². The zero-order valence-corrected chi connectivity index (χ0v) is 12.1. The molecule has 0 unspecified atom stereocenters. The summed E-state index contributed by atoms with van der Waals surface area (Å²) in [7, 11) is 0. The molecule has 88 valence electrons. The predicted octanol–water partition coefficient (Wildman–Crippen LogP) is 4.09. The van der Waals surface area contributed by atoms with Gasteiger partial charge in [0.05, 0.1) is 3.57 Å². The van der Waals surface area contributed by atoms with Crippen LogP contribution >= 0.6 is 34.2 Å². The third kappa shape index (κ3) is 3.07. The van der Waals surface area contributed by atoms with Gasteiger partial charge in [-0.1, -0.05) is 18.5 Å². The van der Waals surface area contributed by atoms with E-state index >= 15 is 0 Å². The number of halogens is 2. The summed E-state index contributed by atoms with van der Waals surface area (Å²) >= 11 is 8.18. The highest BCUT2D eigenvalue weighted by Crippen LogP contribution is 2.27. The Bertz CT molecular complexity index is 534. The topological polar surface area (TPSA) is 35.0 Å². The number of aryl methyl sites for hydroxylation is 1. The monoisotopic (exact) mass is 360 g/mol. The summed E-state index contributed by atoms with van der Waals surface area (Å²) < 4.78 is 6.56. The summed E-state index contributed by atoms with van der Waals surface area (Å²) in [5, 5.41) is 0.761. The molecule has 17 heavy (non-hydrogen) atoms. The Labute approximate surface area is 118 Å². The zero-order valence-electron chi connectivity index (χ0n) is 9.15. The van der Waals surface area contributed by atoms with Crippen LogP contribution in [0.3, 0.4) is 0 Å². The van der Waals surface area contributed by atoms with E-state index in [0.29, 0.717) is 5.88 Å². The molecule has 0 aliphatic rings. The first-order valence-electron chi connectivity index (χ1n) is 5.12. The number of hydrogen-bond donors (Lipinski definition) is 0. The maximum atomic E-state index is 6.05. The molecule has 0 aliphatic carbocycles. The van der Waals surface area contributed by atoms with Crippen LogP contribution in [-0.4, -0.2) is 9.97 Å². The van der Waals surface area contributed by atoms with Crippen molar-refractivity contribution in [3.8, 4) is 11.6 Å². The second-order valence-corrected chi connectivity index (χ2v) is 4.95. The number of nitrogens with zero attached hydrogens (tertiary/aromatic N) is 2. The summed E-state index contributed by atoms with van der Waals surface area (Å²) in [5.41, 5.74) is 1.06. The second kappa shape index (κ2) is 5.64. The van der Waals surface area contributed by atoms with E-state index in [9.17, 15) is 0 Å². The number of benzene rings is 1. The van der Waals surface area contributed by atoms with Gasteiger partial charge in [-0.05, 0) is 52.8 Å². The molecule has 0 aliphatic heterocycles. The van der Waals surface area contributed by atoms with E-state index in [1.165, 1.54) is 6.33 Å². The molecular formula is C12H10ClIN2O. The van der Waals surface area contributed by atoms with Crippen LogP contribution in [0.1, 0.15) is 12.5 Å². The van der Waals surface area contributed by atoms with Crippen molar-refractivity contribution in [3.63, 3.8) is 0 Å². The van der Waals surface area contributed by atoms with Gasteiger partial charge in [0.1, 0.15) is 12.1 Å². The van der Waals surface area contributed by atoms with Gasteiger partial charge in [-0.25, -0.2) is 9.97 Å². The summed E-state index contributed by atoms with van der Waals surface area (Å²) in [5.74, 6) is 1.30. The minimum Gasteiger partial charge on any atom is -0.438 e. The Morgan fingerprint density at radius 2 is 2.24 bits per heavy atom. The molecule has 0 N–H and O–H groups in total. The molecule has 0 radical (unpaired) electrons. The SMILES string of the molecule is CCc1cc(Oc2ncncc2I)ccc1Cl. The van der Waals surface area contributed by atoms with Crippen molar-refractivity contribution in [2.45, 2.75) is 13.3 Å². The standard InChI is InChI=1S/C12H10ClIN2O/c1-2-8-5-9(3-4-10(8)13)17-12-11(14)6-15-7-16-12/h3-7H,2H2,1H3. The molecule has 0 bridgehead atoms. The molecule has 3 nitrogen and oxygen atoms in total. The molecule has 0 saturated carbocycles. The Kier molecular flexibility index (Phi) is 4.17. The van der Waals surface area contributed by atoms with Gasteiger partial charge in [0.15, 0.2) is 0 Å². The molecule has 2 rings (SSSR count). The maximum Gasteiger partial charge on any atom is 0.235 e. The molecule has 0 spiro atoms. The predicted molar refractivity (Wildman–Crippen MR) is 75.7 cm³/mol. The molecule has 0 fully saturated rings. The Hall–Kier alpha value is -0.880. The van der Waals surface area contributed by atoms with Crippen molar-refractivity contribution in [3.05, 3.63) is 44.9 Å². The van der Waals surface area contributed by atoms with Crippen LogP contribution in [0.5, 0.6) is 11.6 Å². The van der Waals surface area contributed by atoms with E-state index in [0.717, 1.165) is 26.3 Å². The molecule has 0 atom stereocenters. The van der Waals surface area contributed by atoms with Gasteiger partial charge in [-0.15, -0.1) is 0 Å². The lowest BCUT2D eigenvalue weighted by molar-refractivity contribution is 0.457. The first kappa shape index (κ1) is 12.6. The molecular weight excluding hydrogens is 351 g/mol. The minimum atomic E-state index is 0.560. The highest BCUT2D eigenvalue weighted by molar-refractivity contribution is 14.1. The van der Waals surface area contributed by atoms with E-state index in [2.05, 4.69) is 39.5 Å². The van der Waals surface area contributed by atoms with Crippen molar-refractivity contribution in [1.29, 1.82) is 0 Å². The van der Waals surface area contributed by atoms with Gasteiger partial charge >= 0.3 is 0 Å². The van der Waals surface area contributed by atoms with Gasteiger partial charge < -0.3 is 4.74 Å². The fraction of sp³-hybridized carbons (Fsp3) is 0.167. The van der Waals surface area contributed by atoms with Crippen molar-refractivity contribution >= 4 is 34.2 Å². The molecule has 1 heterocycles. The molecule has 0 amide bonds. The van der Waals surface area contributed by atoms with Crippen LogP contribution in [0.4, 0.5) is 0 Å². The largest absolute Gasteiger partial charge is 0.438 e. The first-order chi connectivity index (χ1) is 8.20. The van der Waals surface area contributed by atoms with E-state index in [1.807, 2.05) is 18.2 Å². The highest BCUT2D eigenvalue weighted by atomic mass is 127. The average molecular weight is 361 g/mol. The van der Waals surface area contributed by atoms with Crippen LogP contribution < -0.4 is 4.74 Å². The quantitative estimate of drug-likeness (QED) is 0.773. The Morgan fingerprint density at radius 3 is 2.94 bits per heavy atom. The van der Waals surface area contributed by atoms with Crippen LogP contribution in [0.2, 0.25) is 5.02 Å². The average Bonchev–Trinajstić information content (AvgIpc) is 2.34. The van der Waals surface area contributed by atoms with Crippen molar-refractivity contribution in [2.24, 2.45) is 0 Å². The summed E-state index contributed by atoms with van der Waals surface area (Å²) in [6.07, 6.45) is 4.05. The van der Waals surface area contributed by atoms with E-state index < -0.39 is 0 Å². The first-order valence-corrected chi connectivity index (χ1v) is 6.58. The number of aromatic nitrogens is 2. The van der Waals surface area contributed by atoms with E-state index in [4.69, 9.17) is 16.3 Å². The van der Waals surface area contributed by atoms with Gasteiger partial charge in [-0.2, -0.15) is 0 Å². The molecule has 1 aromatic carbocycles. The number of hydrogen-bond acceptors (Lipinski definition) is 3. The van der Waals surface area contributed by atoms with Crippen LogP contribution in [0.15, 0.2) is 30.7 Å². The van der Waals surface area contributed by atoms with Gasteiger partial charge in [0.2, 0.25) is 5.88 Å². The Morgan fingerprint density at radius 1 is 1.41 bits per heavy atom. The fourth-order valence-corrected chi connectivity index (χ4v) is 2.04. The molecule has 0 saturated heterocycles. The fourth-order valence-electron chi connectivity index (χ4n) is 1.37. The van der Waals surface area contributed by atoms with Crippen LogP contribution in [-0.2, 0) is 6.42 Å². The lowest BCUT2D eigenvalue weighted by Gasteiger charge is -2.08. The van der Waals surface area contributed by atoms with E-state index in [1.54, 1.807) is 6.20 Å². The minimum absolute atomic E-state index is 0.560. The van der Waals surface area contributed by atoms with Crippen LogP contribution in [0, 0.1) is 3.57 Å².